The fourth-order valence-electron chi connectivity index (χ4n) is 3.00. The van der Waals surface area contributed by atoms with Crippen molar-refractivity contribution >= 4 is 39.1 Å². The van der Waals surface area contributed by atoms with E-state index in [4.69, 9.17) is 21.1 Å². The van der Waals surface area contributed by atoms with Gasteiger partial charge in [-0.15, -0.1) is 11.3 Å². The van der Waals surface area contributed by atoms with E-state index in [1.165, 1.54) is 18.4 Å². The number of halogens is 1. The highest BCUT2D eigenvalue weighted by Crippen LogP contribution is 2.27. The quantitative estimate of drug-likeness (QED) is 0.431. The van der Waals surface area contributed by atoms with Crippen molar-refractivity contribution in [3.05, 3.63) is 61.5 Å². The predicted octanol–water partition coefficient (Wildman–Crippen LogP) is 3.38. The van der Waals surface area contributed by atoms with Gasteiger partial charge in [0.2, 0.25) is 0 Å². The third-order valence-electron chi connectivity index (χ3n) is 4.32. The second kappa shape index (κ2) is 9.49. The molecule has 1 aromatic carbocycles. The smallest absolute Gasteiger partial charge is 0.348 e. The second-order valence-corrected chi connectivity index (χ2v) is 8.12. The molecule has 0 aliphatic carbocycles. The molecular formula is C20H22ClN3O4S. The van der Waals surface area contributed by atoms with E-state index in [1.54, 1.807) is 6.92 Å². The van der Waals surface area contributed by atoms with Crippen LogP contribution in [0.5, 0.6) is 0 Å². The van der Waals surface area contributed by atoms with Gasteiger partial charge in [0.1, 0.15) is 22.1 Å². The lowest BCUT2D eigenvalue weighted by Crippen LogP contribution is -2.21. The summed E-state index contributed by atoms with van der Waals surface area (Å²) in [6.45, 7) is 3.31. The zero-order valence-electron chi connectivity index (χ0n) is 16.5. The molecule has 2 aromatic heterocycles. The summed E-state index contributed by atoms with van der Waals surface area (Å²) < 4.78 is 10.1. The first-order chi connectivity index (χ1) is 13.9. The van der Waals surface area contributed by atoms with Crippen molar-refractivity contribution in [3.63, 3.8) is 0 Å². The van der Waals surface area contributed by atoms with Gasteiger partial charge in [-0.1, -0.05) is 23.7 Å². The van der Waals surface area contributed by atoms with Crippen LogP contribution in [-0.2, 0) is 22.6 Å². The van der Waals surface area contributed by atoms with Gasteiger partial charge in [0, 0.05) is 18.7 Å². The Bertz CT molecular complexity index is 1080. The fraction of sp³-hybridized carbons (Fsp3) is 0.350. The van der Waals surface area contributed by atoms with Crippen molar-refractivity contribution < 1.29 is 14.3 Å². The summed E-state index contributed by atoms with van der Waals surface area (Å²) in [5.41, 5.74) is 1.39. The Balaban J connectivity index is 1.79. The van der Waals surface area contributed by atoms with E-state index in [0.717, 1.165) is 5.56 Å². The first-order valence-electron chi connectivity index (χ1n) is 9.00. The predicted molar refractivity (Wildman–Crippen MR) is 114 cm³/mol. The molecule has 0 aliphatic heterocycles. The molecule has 154 valence electrons. The van der Waals surface area contributed by atoms with E-state index in [0.29, 0.717) is 51.2 Å². The van der Waals surface area contributed by atoms with Gasteiger partial charge in [-0.2, -0.15) is 0 Å². The maximum atomic E-state index is 12.6. The third kappa shape index (κ3) is 5.22. The van der Waals surface area contributed by atoms with Gasteiger partial charge in [-0.3, -0.25) is 9.69 Å². The Morgan fingerprint density at radius 3 is 2.83 bits per heavy atom. The number of nitrogens with zero attached hydrogens (tertiary/aromatic N) is 2. The number of rotatable bonds is 8. The van der Waals surface area contributed by atoms with E-state index in [1.807, 2.05) is 36.2 Å². The minimum atomic E-state index is -0.471. The van der Waals surface area contributed by atoms with Crippen LogP contribution < -0.4 is 5.56 Å². The standard InChI is InChI=1S/C20H22ClN3O4S/c1-12-16-18(25)22-15(11-24(2)10-13-5-4-6-14(21)9-13)23-19(16)29-17(12)20(26)28-8-7-27-3/h4-6,9H,7-8,10-11H2,1-3H3,(H,22,23,25). The molecule has 9 heteroatoms. The minimum absolute atomic E-state index is 0.159. The lowest BCUT2D eigenvalue weighted by atomic mass is 10.2. The number of ether oxygens (including phenoxy) is 2. The molecule has 0 aliphatic rings. The number of hydrogen-bond donors (Lipinski definition) is 1. The molecule has 0 saturated heterocycles. The molecule has 0 bridgehead atoms. The Morgan fingerprint density at radius 1 is 1.31 bits per heavy atom. The summed E-state index contributed by atoms with van der Waals surface area (Å²) >= 11 is 7.20. The summed E-state index contributed by atoms with van der Waals surface area (Å²) in [4.78, 5) is 35.2. The number of carbonyl (C=O) groups is 1. The molecule has 0 unspecified atom stereocenters. The molecule has 0 fully saturated rings. The van der Waals surface area contributed by atoms with Gasteiger partial charge in [0.25, 0.3) is 5.56 Å². The van der Waals surface area contributed by atoms with Crippen LogP contribution >= 0.6 is 22.9 Å². The van der Waals surface area contributed by atoms with E-state index in [-0.39, 0.29) is 12.2 Å². The summed E-state index contributed by atoms with van der Waals surface area (Å²) in [5, 5.41) is 1.11. The zero-order valence-corrected chi connectivity index (χ0v) is 18.0. The maximum absolute atomic E-state index is 12.6. The van der Waals surface area contributed by atoms with Crippen molar-refractivity contribution in [3.8, 4) is 0 Å². The first-order valence-corrected chi connectivity index (χ1v) is 10.2. The van der Waals surface area contributed by atoms with Crippen LogP contribution in [0.2, 0.25) is 5.02 Å². The number of carbonyl (C=O) groups excluding carboxylic acids is 1. The Kier molecular flexibility index (Phi) is 7.02. The Labute approximate surface area is 177 Å². The van der Waals surface area contributed by atoms with Crippen molar-refractivity contribution in [2.24, 2.45) is 0 Å². The summed E-state index contributed by atoms with van der Waals surface area (Å²) in [5.74, 6) is 0.0640. The molecule has 0 atom stereocenters. The second-order valence-electron chi connectivity index (χ2n) is 6.68. The van der Waals surface area contributed by atoms with Crippen LogP contribution in [0.25, 0.3) is 10.2 Å². The average Bonchev–Trinajstić information content (AvgIpc) is 2.98. The topological polar surface area (TPSA) is 84.5 Å². The average molecular weight is 436 g/mol. The summed E-state index contributed by atoms with van der Waals surface area (Å²) in [6.07, 6.45) is 0. The van der Waals surface area contributed by atoms with E-state index >= 15 is 0 Å². The highest BCUT2D eigenvalue weighted by atomic mass is 35.5. The van der Waals surface area contributed by atoms with E-state index < -0.39 is 5.97 Å². The number of methoxy groups -OCH3 is 1. The lowest BCUT2D eigenvalue weighted by Gasteiger charge is -2.16. The maximum Gasteiger partial charge on any atom is 0.348 e. The number of hydrogen-bond acceptors (Lipinski definition) is 7. The highest BCUT2D eigenvalue weighted by molar-refractivity contribution is 7.20. The number of nitrogens with one attached hydrogen (secondary N) is 1. The first kappa shape index (κ1) is 21.4. The van der Waals surface area contributed by atoms with Crippen molar-refractivity contribution in [1.82, 2.24) is 14.9 Å². The third-order valence-corrected chi connectivity index (χ3v) is 5.72. The monoisotopic (exact) mass is 435 g/mol. The zero-order chi connectivity index (χ0) is 21.0. The SMILES string of the molecule is COCCOC(=O)c1sc2nc(CN(C)Cc3cccc(Cl)c3)[nH]c(=O)c2c1C. The summed E-state index contributed by atoms with van der Waals surface area (Å²) in [6, 6.07) is 7.63. The molecule has 7 nitrogen and oxygen atoms in total. The number of benzene rings is 1. The molecule has 1 N–H and O–H groups in total. The number of esters is 1. The molecule has 0 saturated carbocycles. The normalized spacial score (nSPS) is 11.3. The molecule has 0 radical (unpaired) electrons. The van der Waals surface area contributed by atoms with E-state index in [2.05, 4.69) is 9.97 Å². The van der Waals surface area contributed by atoms with Crippen molar-refractivity contribution in [1.29, 1.82) is 0 Å². The number of aryl methyl sites for hydroxylation is 1. The van der Waals surface area contributed by atoms with Crippen LogP contribution in [0.1, 0.15) is 26.6 Å². The van der Waals surface area contributed by atoms with Crippen LogP contribution in [-0.4, -0.2) is 48.2 Å². The van der Waals surface area contributed by atoms with Gasteiger partial charge in [-0.25, -0.2) is 9.78 Å². The molecule has 3 rings (SSSR count). The van der Waals surface area contributed by atoms with Crippen LogP contribution in [0.15, 0.2) is 29.1 Å². The number of thiophene rings is 1. The molecular weight excluding hydrogens is 414 g/mol. The number of aromatic amines is 1. The van der Waals surface area contributed by atoms with Gasteiger partial charge in [0.15, 0.2) is 0 Å². The minimum Gasteiger partial charge on any atom is -0.459 e. The van der Waals surface area contributed by atoms with Crippen LogP contribution in [0, 0.1) is 6.92 Å². The van der Waals surface area contributed by atoms with Crippen molar-refractivity contribution in [2.45, 2.75) is 20.0 Å². The molecule has 2 heterocycles. The number of aromatic nitrogens is 2. The molecule has 29 heavy (non-hydrogen) atoms. The van der Waals surface area contributed by atoms with Gasteiger partial charge >= 0.3 is 5.97 Å². The molecule has 0 amide bonds. The largest absolute Gasteiger partial charge is 0.459 e. The Morgan fingerprint density at radius 2 is 2.10 bits per heavy atom. The molecule has 0 spiro atoms. The van der Waals surface area contributed by atoms with Gasteiger partial charge in [-0.05, 0) is 37.2 Å². The highest BCUT2D eigenvalue weighted by Gasteiger charge is 2.20. The summed E-state index contributed by atoms with van der Waals surface area (Å²) in [7, 11) is 3.47. The van der Waals surface area contributed by atoms with E-state index in [9.17, 15) is 9.59 Å². The number of fused-ring (bicyclic) bond motifs is 1. The van der Waals surface area contributed by atoms with Crippen LogP contribution in [0.3, 0.4) is 0 Å². The van der Waals surface area contributed by atoms with Crippen molar-refractivity contribution in [2.75, 3.05) is 27.4 Å². The number of H-pyrrole nitrogens is 1. The van der Waals surface area contributed by atoms with Gasteiger partial charge in [0.05, 0.1) is 18.5 Å². The molecule has 3 aromatic rings. The van der Waals surface area contributed by atoms with Crippen LogP contribution in [0.4, 0.5) is 0 Å². The lowest BCUT2D eigenvalue weighted by molar-refractivity contribution is 0.0393. The van der Waals surface area contributed by atoms with Gasteiger partial charge < -0.3 is 14.5 Å². The fourth-order valence-corrected chi connectivity index (χ4v) is 4.31. The Hall–Kier alpha value is -2.26.